The maximum Gasteiger partial charge on any atom is 0.257 e. The van der Waals surface area contributed by atoms with Gasteiger partial charge in [-0.1, -0.05) is 18.5 Å². The summed E-state index contributed by atoms with van der Waals surface area (Å²) < 4.78 is 5.21. The Bertz CT molecular complexity index is 530. The van der Waals surface area contributed by atoms with Crippen LogP contribution in [0.5, 0.6) is 5.75 Å². The average Bonchev–Trinajstić information content (AvgIpc) is 2.47. The molecule has 1 aliphatic heterocycles. The predicted octanol–water partition coefficient (Wildman–Crippen LogP) is 2.79. The van der Waals surface area contributed by atoms with Crippen LogP contribution >= 0.6 is 11.6 Å². The first kappa shape index (κ1) is 14.9. The Labute approximate surface area is 123 Å². The molecule has 1 amide bonds. The van der Waals surface area contributed by atoms with E-state index in [1.54, 1.807) is 23.1 Å². The van der Waals surface area contributed by atoms with Crippen molar-refractivity contribution in [2.45, 2.75) is 19.8 Å². The molecule has 1 atom stereocenters. The van der Waals surface area contributed by atoms with Crippen LogP contribution in [0, 0.1) is 5.92 Å². The average molecular weight is 296 g/mol. The third-order valence-electron chi connectivity index (χ3n) is 3.70. The zero-order chi connectivity index (χ0) is 14.7. The molecule has 1 aromatic carbocycles. The Morgan fingerprint density at radius 3 is 2.90 bits per heavy atom. The summed E-state index contributed by atoms with van der Waals surface area (Å²) >= 11 is 5.96. The number of piperidine rings is 1. The van der Waals surface area contributed by atoms with Crippen molar-refractivity contribution in [3.05, 3.63) is 28.8 Å². The van der Waals surface area contributed by atoms with Crippen molar-refractivity contribution in [3.63, 3.8) is 0 Å². The molecule has 20 heavy (non-hydrogen) atoms. The summed E-state index contributed by atoms with van der Waals surface area (Å²) in [6.45, 7) is 2.91. The summed E-state index contributed by atoms with van der Waals surface area (Å²) in [5.74, 6) is 0.562. The van der Waals surface area contributed by atoms with Crippen LogP contribution < -0.4 is 4.74 Å². The zero-order valence-electron chi connectivity index (χ0n) is 11.7. The van der Waals surface area contributed by atoms with E-state index in [-0.39, 0.29) is 17.6 Å². The molecule has 4 nitrogen and oxygen atoms in total. The Hall–Kier alpha value is -1.55. The number of ether oxygens (including phenoxy) is 1. The van der Waals surface area contributed by atoms with Gasteiger partial charge in [0.25, 0.3) is 5.91 Å². The molecule has 5 heteroatoms. The topological polar surface area (TPSA) is 46.6 Å². The van der Waals surface area contributed by atoms with Crippen molar-refractivity contribution in [1.82, 2.24) is 4.90 Å². The highest BCUT2D eigenvalue weighted by atomic mass is 35.5. The summed E-state index contributed by atoms with van der Waals surface area (Å²) in [6.07, 6.45) is 1.18. The van der Waals surface area contributed by atoms with Crippen molar-refractivity contribution in [2.24, 2.45) is 5.92 Å². The van der Waals surface area contributed by atoms with E-state index in [1.807, 2.05) is 6.92 Å². The van der Waals surface area contributed by atoms with Crippen molar-refractivity contribution in [3.8, 4) is 5.75 Å². The summed E-state index contributed by atoms with van der Waals surface area (Å²) in [7, 11) is 1.52. The fraction of sp³-hybridized carbons (Fsp3) is 0.467. The summed E-state index contributed by atoms with van der Waals surface area (Å²) in [4.78, 5) is 26.0. The normalized spacial score (nSPS) is 19.1. The summed E-state index contributed by atoms with van der Waals surface area (Å²) in [5, 5.41) is 0.495. The highest BCUT2D eigenvalue weighted by Crippen LogP contribution is 2.26. The quantitative estimate of drug-likeness (QED) is 0.861. The second-order valence-electron chi connectivity index (χ2n) is 4.92. The minimum atomic E-state index is -0.129. The molecule has 0 bridgehead atoms. The fourth-order valence-electron chi connectivity index (χ4n) is 2.47. The molecule has 0 N–H and O–H groups in total. The molecule has 0 saturated carbocycles. The van der Waals surface area contributed by atoms with E-state index < -0.39 is 0 Å². The van der Waals surface area contributed by atoms with Crippen LogP contribution in [0.2, 0.25) is 5.02 Å². The van der Waals surface area contributed by atoms with Gasteiger partial charge in [-0.05, 0) is 24.6 Å². The fourth-order valence-corrected chi connectivity index (χ4v) is 2.64. The molecule has 0 radical (unpaired) electrons. The van der Waals surface area contributed by atoms with Crippen LogP contribution in [0.4, 0.5) is 0 Å². The molecule has 1 fully saturated rings. The number of methoxy groups -OCH3 is 1. The van der Waals surface area contributed by atoms with Gasteiger partial charge in [0.15, 0.2) is 0 Å². The minimum Gasteiger partial charge on any atom is -0.496 e. The Morgan fingerprint density at radius 2 is 2.25 bits per heavy atom. The number of benzene rings is 1. The van der Waals surface area contributed by atoms with Gasteiger partial charge in [-0.3, -0.25) is 9.59 Å². The number of hydrogen-bond acceptors (Lipinski definition) is 3. The highest BCUT2D eigenvalue weighted by Gasteiger charge is 2.30. The maximum atomic E-state index is 12.6. The van der Waals surface area contributed by atoms with Gasteiger partial charge in [0.2, 0.25) is 0 Å². The number of ketones is 1. The number of carbonyl (C=O) groups excluding carboxylic acids is 2. The molecule has 1 aromatic rings. The van der Waals surface area contributed by atoms with E-state index >= 15 is 0 Å². The number of hydrogen-bond donors (Lipinski definition) is 0. The standard InChI is InChI=1S/C15H18ClNO3/c1-3-10-9-17(7-6-13(10)18)15(19)12-8-11(16)4-5-14(12)20-2/h4-5,8,10H,3,6-7,9H2,1-2H3. The van der Waals surface area contributed by atoms with Gasteiger partial charge in [-0.2, -0.15) is 0 Å². The van der Waals surface area contributed by atoms with Crippen LogP contribution in [0.3, 0.4) is 0 Å². The largest absolute Gasteiger partial charge is 0.496 e. The van der Waals surface area contributed by atoms with E-state index in [0.717, 1.165) is 6.42 Å². The second-order valence-corrected chi connectivity index (χ2v) is 5.35. The van der Waals surface area contributed by atoms with Crippen LogP contribution in [-0.4, -0.2) is 36.8 Å². The van der Waals surface area contributed by atoms with Gasteiger partial charge >= 0.3 is 0 Å². The molecule has 0 aliphatic carbocycles. The maximum absolute atomic E-state index is 12.6. The molecule has 0 aromatic heterocycles. The first-order chi connectivity index (χ1) is 9.56. The molecule has 0 spiro atoms. The predicted molar refractivity (Wildman–Crippen MR) is 77.3 cm³/mol. The number of halogens is 1. The van der Waals surface area contributed by atoms with Gasteiger partial charge < -0.3 is 9.64 Å². The SMILES string of the molecule is CCC1CN(C(=O)c2cc(Cl)ccc2OC)CCC1=O. The lowest BCUT2D eigenvalue weighted by atomic mass is 9.93. The Morgan fingerprint density at radius 1 is 1.50 bits per heavy atom. The number of nitrogens with zero attached hydrogens (tertiary/aromatic N) is 1. The van der Waals surface area contributed by atoms with Gasteiger partial charge in [-0.15, -0.1) is 0 Å². The van der Waals surface area contributed by atoms with E-state index in [9.17, 15) is 9.59 Å². The van der Waals surface area contributed by atoms with Crippen molar-refractivity contribution < 1.29 is 14.3 Å². The van der Waals surface area contributed by atoms with Gasteiger partial charge in [0, 0.05) is 30.5 Å². The smallest absolute Gasteiger partial charge is 0.257 e. The Kier molecular flexibility index (Phi) is 4.65. The number of carbonyl (C=O) groups is 2. The summed E-state index contributed by atoms with van der Waals surface area (Å²) in [5.41, 5.74) is 0.448. The number of amides is 1. The third kappa shape index (κ3) is 2.96. The molecule has 2 rings (SSSR count). The lowest BCUT2D eigenvalue weighted by Crippen LogP contribution is -2.44. The molecular weight excluding hydrogens is 278 g/mol. The third-order valence-corrected chi connectivity index (χ3v) is 3.93. The molecule has 1 unspecified atom stereocenters. The van der Waals surface area contributed by atoms with E-state index in [2.05, 4.69) is 0 Å². The minimum absolute atomic E-state index is 0.0575. The van der Waals surface area contributed by atoms with E-state index in [0.29, 0.717) is 35.8 Å². The van der Waals surface area contributed by atoms with Crippen LogP contribution in [0.15, 0.2) is 18.2 Å². The summed E-state index contributed by atoms with van der Waals surface area (Å²) in [6, 6.07) is 4.98. The van der Waals surface area contributed by atoms with E-state index in [1.165, 1.54) is 7.11 Å². The molecule has 1 saturated heterocycles. The second kappa shape index (κ2) is 6.27. The molecule has 1 aliphatic rings. The van der Waals surface area contributed by atoms with Gasteiger partial charge in [0.1, 0.15) is 11.5 Å². The number of Topliss-reactive ketones (excluding diaryl/α,β-unsaturated/α-hetero) is 1. The lowest BCUT2D eigenvalue weighted by molar-refractivity contribution is -0.125. The van der Waals surface area contributed by atoms with E-state index in [4.69, 9.17) is 16.3 Å². The van der Waals surface area contributed by atoms with Crippen molar-refractivity contribution >= 4 is 23.3 Å². The molecule has 108 valence electrons. The van der Waals surface area contributed by atoms with Gasteiger partial charge in [-0.25, -0.2) is 0 Å². The van der Waals surface area contributed by atoms with Crippen LogP contribution in [0.25, 0.3) is 0 Å². The molecule has 1 heterocycles. The monoisotopic (exact) mass is 295 g/mol. The molecular formula is C15H18ClNO3. The zero-order valence-corrected chi connectivity index (χ0v) is 12.4. The highest BCUT2D eigenvalue weighted by molar-refractivity contribution is 6.31. The Balaban J connectivity index is 2.23. The first-order valence-corrected chi connectivity index (χ1v) is 7.10. The number of likely N-dealkylation sites (tertiary alicyclic amines) is 1. The lowest BCUT2D eigenvalue weighted by Gasteiger charge is -2.31. The van der Waals surface area contributed by atoms with Crippen LogP contribution in [-0.2, 0) is 4.79 Å². The number of rotatable bonds is 3. The first-order valence-electron chi connectivity index (χ1n) is 6.72. The van der Waals surface area contributed by atoms with Crippen molar-refractivity contribution in [2.75, 3.05) is 20.2 Å². The van der Waals surface area contributed by atoms with Gasteiger partial charge in [0.05, 0.1) is 12.7 Å². The van der Waals surface area contributed by atoms with Crippen LogP contribution in [0.1, 0.15) is 30.1 Å². The van der Waals surface area contributed by atoms with Crippen molar-refractivity contribution in [1.29, 1.82) is 0 Å².